The molecule has 27 heavy (non-hydrogen) atoms. The molecule has 0 radical (unpaired) electrons. The van der Waals surface area contributed by atoms with Gasteiger partial charge in [0.05, 0.1) is 18.5 Å². The maximum atomic E-state index is 13.0. The number of carbonyl (C=O) groups excluding carboxylic acids is 1. The van der Waals surface area contributed by atoms with Crippen molar-refractivity contribution in [2.75, 3.05) is 20.2 Å². The number of amides is 1. The zero-order chi connectivity index (χ0) is 18.8. The number of carbonyl (C=O) groups is 1. The average molecular weight is 361 g/mol. The van der Waals surface area contributed by atoms with Crippen molar-refractivity contribution in [3.8, 4) is 22.7 Å². The summed E-state index contributed by atoms with van der Waals surface area (Å²) in [6, 6.07) is 19.6. The monoisotopic (exact) mass is 361 g/mol. The van der Waals surface area contributed by atoms with Gasteiger partial charge in [-0.1, -0.05) is 25.1 Å². The van der Waals surface area contributed by atoms with Gasteiger partial charge in [0.2, 0.25) is 0 Å². The molecule has 1 saturated heterocycles. The molecule has 138 valence electrons. The van der Waals surface area contributed by atoms with E-state index < -0.39 is 0 Å². The van der Waals surface area contributed by atoms with E-state index in [4.69, 9.17) is 4.74 Å². The highest BCUT2D eigenvalue weighted by Gasteiger charge is 2.27. The largest absolute Gasteiger partial charge is 0.497 e. The van der Waals surface area contributed by atoms with Crippen LogP contribution in [-0.2, 0) is 0 Å². The Morgan fingerprint density at radius 2 is 1.85 bits per heavy atom. The third-order valence-corrected chi connectivity index (χ3v) is 5.03. The Kier molecular flexibility index (Phi) is 4.67. The summed E-state index contributed by atoms with van der Waals surface area (Å²) in [6.07, 6.45) is 1.05. The SMILES string of the molecule is COc1ccc(-c2cc(C(=O)N3CCC(C)C3)nn2-c2ccccc2)cc1. The third-order valence-electron chi connectivity index (χ3n) is 5.03. The molecule has 1 fully saturated rings. The molecular formula is C22H23N3O2. The lowest BCUT2D eigenvalue weighted by Gasteiger charge is -2.13. The molecule has 1 unspecified atom stereocenters. The van der Waals surface area contributed by atoms with E-state index >= 15 is 0 Å². The highest BCUT2D eigenvalue weighted by atomic mass is 16.5. The standard InChI is InChI=1S/C22H23N3O2/c1-16-12-13-24(15-16)22(26)20-14-21(17-8-10-19(27-2)11-9-17)25(23-20)18-6-4-3-5-7-18/h3-11,14,16H,12-13,15H2,1-2H3. The fourth-order valence-electron chi connectivity index (χ4n) is 3.50. The first-order chi connectivity index (χ1) is 13.2. The number of nitrogens with zero attached hydrogens (tertiary/aromatic N) is 3. The quantitative estimate of drug-likeness (QED) is 0.705. The van der Waals surface area contributed by atoms with Crippen molar-refractivity contribution in [2.45, 2.75) is 13.3 Å². The van der Waals surface area contributed by atoms with Crippen LogP contribution in [0.25, 0.3) is 16.9 Å². The predicted octanol–water partition coefficient (Wildman–Crippen LogP) is 4.03. The Balaban J connectivity index is 1.76. The number of hydrogen-bond donors (Lipinski definition) is 0. The Morgan fingerprint density at radius 3 is 2.48 bits per heavy atom. The number of rotatable bonds is 4. The van der Waals surface area contributed by atoms with Crippen molar-refractivity contribution < 1.29 is 9.53 Å². The van der Waals surface area contributed by atoms with E-state index in [0.717, 1.165) is 42.2 Å². The summed E-state index contributed by atoms with van der Waals surface area (Å²) in [4.78, 5) is 14.9. The van der Waals surface area contributed by atoms with Crippen LogP contribution >= 0.6 is 0 Å². The molecule has 1 aromatic heterocycles. The second kappa shape index (κ2) is 7.27. The normalized spacial score (nSPS) is 16.5. The maximum Gasteiger partial charge on any atom is 0.274 e. The van der Waals surface area contributed by atoms with Crippen LogP contribution in [0, 0.1) is 5.92 Å². The van der Waals surface area contributed by atoms with E-state index in [0.29, 0.717) is 11.6 Å². The van der Waals surface area contributed by atoms with Gasteiger partial charge in [-0.25, -0.2) is 4.68 Å². The maximum absolute atomic E-state index is 13.0. The predicted molar refractivity (Wildman–Crippen MR) is 105 cm³/mol. The summed E-state index contributed by atoms with van der Waals surface area (Å²) in [5.74, 6) is 1.35. The van der Waals surface area contributed by atoms with E-state index in [1.165, 1.54) is 0 Å². The van der Waals surface area contributed by atoms with Crippen LogP contribution in [-0.4, -0.2) is 40.8 Å². The average Bonchev–Trinajstić information content (AvgIpc) is 3.35. The van der Waals surface area contributed by atoms with Crippen molar-refractivity contribution in [1.82, 2.24) is 14.7 Å². The summed E-state index contributed by atoms with van der Waals surface area (Å²) < 4.78 is 7.10. The van der Waals surface area contributed by atoms with Gasteiger partial charge in [0, 0.05) is 18.7 Å². The van der Waals surface area contributed by atoms with Crippen LogP contribution in [0.15, 0.2) is 60.7 Å². The summed E-state index contributed by atoms with van der Waals surface area (Å²) in [5, 5.41) is 4.66. The molecule has 1 aliphatic rings. The van der Waals surface area contributed by atoms with E-state index in [1.54, 1.807) is 7.11 Å². The van der Waals surface area contributed by atoms with Gasteiger partial charge in [-0.15, -0.1) is 0 Å². The second-order valence-corrected chi connectivity index (χ2v) is 7.04. The molecule has 2 heterocycles. The van der Waals surface area contributed by atoms with Gasteiger partial charge >= 0.3 is 0 Å². The Hall–Kier alpha value is -3.08. The third kappa shape index (κ3) is 3.45. The molecule has 0 N–H and O–H groups in total. The molecule has 1 atom stereocenters. The molecular weight excluding hydrogens is 338 g/mol. The van der Waals surface area contributed by atoms with Crippen LogP contribution < -0.4 is 4.74 Å². The summed E-state index contributed by atoms with van der Waals surface area (Å²) >= 11 is 0. The number of benzene rings is 2. The van der Waals surface area contributed by atoms with Crippen LogP contribution in [0.3, 0.4) is 0 Å². The second-order valence-electron chi connectivity index (χ2n) is 7.04. The number of para-hydroxylation sites is 1. The molecule has 0 bridgehead atoms. The van der Waals surface area contributed by atoms with E-state index in [2.05, 4.69) is 12.0 Å². The van der Waals surface area contributed by atoms with Gasteiger partial charge < -0.3 is 9.64 Å². The van der Waals surface area contributed by atoms with Gasteiger partial charge in [-0.2, -0.15) is 5.10 Å². The molecule has 4 rings (SSSR count). The number of ether oxygens (including phenoxy) is 1. The topological polar surface area (TPSA) is 47.4 Å². The van der Waals surface area contributed by atoms with Crippen molar-refractivity contribution >= 4 is 5.91 Å². The van der Waals surface area contributed by atoms with Gasteiger partial charge in [0.25, 0.3) is 5.91 Å². The van der Waals surface area contributed by atoms with E-state index in [9.17, 15) is 4.79 Å². The van der Waals surface area contributed by atoms with Crippen molar-refractivity contribution in [3.05, 3.63) is 66.4 Å². The summed E-state index contributed by atoms with van der Waals surface area (Å²) in [7, 11) is 1.65. The van der Waals surface area contributed by atoms with Gasteiger partial charge in [-0.3, -0.25) is 4.79 Å². The molecule has 2 aromatic carbocycles. The fourth-order valence-corrected chi connectivity index (χ4v) is 3.50. The van der Waals surface area contributed by atoms with Crippen LogP contribution in [0.1, 0.15) is 23.8 Å². The Bertz CT molecular complexity index is 932. The lowest BCUT2D eigenvalue weighted by atomic mass is 10.1. The number of likely N-dealkylation sites (tertiary alicyclic amines) is 1. The molecule has 5 nitrogen and oxygen atoms in total. The summed E-state index contributed by atoms with van der Waals surface area (Å²) in [5.41, 5.74) is 3.29. The van der Waals surface area contributed by atoms with Gasteiger partial charge in [-0.05, 0) is 54.8 Å². The Labute approximate surface area is 159 Å². The van der Waals surface area contributed by atoms with Crippen LogP contribution in [0.4, 0.5) is 0 Å². The zero-order valence-corrected chi connectivity index (χ0v) is 15.6. The molecule has 0 saturated carbocycles. The first-order valence-electron chi connectivity index (χ1n) is 9.25. The molecule has 1 amide bonds. The van der Waals surface area contributed by atoms with Gasteiger partial charge in [0.1, 0.15) is 5.75 Å². The molecule has 1 aliphatic heterocycles. The minimum atomic E-state index is 0.00351. The molecule has 0 spiro atoms. The zero-order valence-electron chi connectivity index (χ0n) is 15.6. The van der Waals surface area contributed by atoms with Crippen LogP contribution in [0.5, 0.6) is 5.75 Å². The van der Waals surface area contributed by atoms with Crippen molar-refractivity contribution in [2.24, 2.45) is 5.92 Å². The number of hydrogen-bond acceptors (Lipinski definition) is 3. The highest BCUT2D eigenvalue weighted by molar-refractivity contribution is 5.94. The number of methoxy groups -OCH3 is 1. The first kappa shape index (κ1) is 17.3. The molecule has 5 heteroatoms. The lowest BCUT2D eigenvalue weighted by molar-refractivity contribution is 0.0782. The van der Waals surface area contributed by atoms with Gasteiger partial charge in [0.15, 0.2) is 5.69 Å². The minimum absolute atomic E-state index is 0.00351. The van der Waals surface area contributed by atoms with Crippen molar-refractivity contribution in [1.29, 1.82) is 0 Å². The first-order valence-corrected chi connectivity index (χ1v) is 9.25. The fraction of sp³-hybridized carbons (Fsp3) is 0.273. The smallest absolute Gasteiger partial charge is 0.274 e. The Morgan fingerprint density at radius 1 is 1.11 bits per heavy atom. The number of aromatic nitrogens is 2. The molecule has 0 aliphatic carbocycles. The van der Waals surface area contributed by atoms with E-state index in [-0.39, 0.29) is 5.91 Å². The molecule has 3 aromatic rings. The van der Waals surface area contributed by atoms with E-state index in [1.807, 2.05) is 70.2 Å². The lowest BCUT2D eigenvalue weighted by Crippen LogP contribution is -2.28. The van der Waals surface area contributed by atoms with Crippen molar-refractivity contribution in [3.63, 3.8) is 0 Å². The summed E-state index contributed by atoms with van der Waals surface area (Å²) in [6.45, 7) is 3.78. The minimum Gasteiger partial charge on any atom is -0.497 e. The highest BCUT2D eigenvalue weighted by Crippen LogP contribution is 2.27. The van der Waals surface area contributed by atoms with Crippen LogP contribution in [0.2, 0.25) is 0 Å².